The highest BCUT2D eigenvalue weighted by molar-refractivity contribution is 8.00. The maximum atomic E-state index is 14.1. The number of benzene rings is 3. The molecule has 0 unspecified atom stereocenters. The molecule has 226 valence electrons. The summed E-state index contributed by atoms with van der Waals surface area (Å²) in [5, 5.41) is 2.91. The molecule has 1 saturated heterocycles. The molecule has 13 heteroatoms. The van der Waals surface area contributed by atoms with Crippen LogP contribution in [0, 0.1) is 5.92 Å². The second kappa shape index (κ2) is 12.0. The van der Waals surface area contributed by atoms with E-state index in [-0.39, 0.29) is 17.3 Å². The summed E-state index contributed by atoms with van der Waals surface area (Å²) in [4.78, 5) is 55.9. The number of nitrogens with one attached hydrogen (secondary N) is 1. The van der Waals surface area contributed by atoms with Crippen molar-refractivity contribution in [3.8, 4) is 17.2 Å². The van der Waals surface area contributed by atoms with Crippen molar-refractivity contribution >= 4 is 63.8 Å². The Morgan fingerprint density at radius 1 is 0.886 bits per heavy atom. The van der Waals surface area contributed by atoms with Crippen molar-refractivity contribution in [3.63, 3.8) is 0 Å². The highest BCUT2D eigenvalue weighted by atomic mass is 35.5. The first-order valence-corrected chi connectivity index (χ1v) is 15.5. The quantitative estimate of drug-likeness (QED) is 0.264. The fraction of sp³-hybridized carbons (Fsp3) is 0.226. The van der Waals surface area contributed by atoms with Crippen LogP contribution in [0.15, 0.2) is 76.6 Å². The molecule has 3 aromatic carbocycles. The van der Waals surface area contributed by atoms with Crippen LogP contribution in [0.25, 0.3) is 0 Å². The molecule has 0 saturated carbocycles. The lowest BCUT2D eigenvalue weighted by Gasteiger charge is -2.31. The Bertz CT molecular complexity index is 1820. The lowest BCUT2D eigenvalue weighted by atomic mass is 9.83. The van der Waals surface area contributed by atoms with Gasteiger partial charge in [-0.15, -0.1) is 0 Å². The van der Waals surface area contributed by atoms with Gasteiger partial charge in [0.05, 0.1) is 38.0 Å². The summed E-state index contributed by atoms with van der Waals surface area (Å²) in [6.45, 7) is -0.275. The van der Waals surface area contributed by atoms with E-state index in [0.29, 0.717) is 49.1 Å². The number of amides is 3. The summed E-state index contributed by atoms with van der Waals surface area (Å²) in [6.07, 6.45) is 0. The van der Waals surface area contributed by atoms with Crippen molar-refractivity contribution in [1.82, 2.24) is 4.57 Å². The molecule has 10 nitrogen and oxygen atoms in total. The minimum absolute atomic E-state index is 0.275. The standard InChI is InChI=1S/C31H26ClN3O7S2/c1-40-20-11-7-18(8-12-20)33-23(36)15-34-30-27(44-31(34)39)24(16-4-13-21(41-2)22(14-16)42-3)25-26(43-30)29(38)35(28(25)37)19-9-5-17(32)6-10-19/h4-14,24-26H,15H2,1-3H3,(H,33,36)/t24-,25+,26-/m0/s1. The first-order chi connectivity index (χ1) is 21.2. The van der Waals surface area contributed by atoms with E-state index >= 15 is 0 Å². The van der Waals surface area contributed by atoms with Crippen LogP contribution < -0.4 is 29.3 Å². The minimum atomic E-state index is -0.839. The van der Waals surface area contributed by atoms with Gasteiger partial charge in [0.2, 0.25) is 17.7 Å². The molecule has 1 N–H and O–H groups in total. The van der Waals surface area contributed by atoms with Gasteiger partial charge >= 0.3 is 4.87 Å². The van der Waals surface area contributed by atoms with E-state index in [2.05, 4.69) is 5.32 Å². The first kappa shape index (κ1) is 29.8. The first-order valence-electron chi connectivity index (χ1n) is 13.4. The fourth-order valence-corrected chi connectivity index (χ4v) is 8.42. The number of imide groups is 1. The molecule has 0 aliphatic carbocycles. The number of hydrogen-bond acceptors (Lipinski definition) is 9. The Morgan fingerprint density at radius 3 is 2.25 bits per heavy atom. The van der Waals surface area contributed by atoms with Gasteiger partial charge in [0.25, 0.3) is 0 Å². The number of thiazole rings is 1. The highest BCUT2D eigenvalue weighted by Crippen LogP contribution is 2.54. The van der Waals surface area contributed by atoms with Gasteiger partial charge in [-0.2, -0.15) is 0 Å². The van der Waals surface area contributed by atoms with E-state index in [9.17, 15) is 19.2 Å². The van der Waals surface area contributed by atoms with Gasteiger partial charge in [-0.1, -0.05) is 40.8 Å². The van der Waals surface area contributed by atoms with Crippen LogP contribution in [0.2, 0.25) is 5.02 Å². The second-order valence-corrected chi connectivity index (χ2v) is 12.6. The number of anilines is 2. The highest BCUT2D eigenvalue weighted by Gasteiger charge is 2.57. The smallest absolute Gasteiger partial charge is 0.308 e. The predicted molar refractivity (Wildman–Crippen MR) is 169 cm³/mol. The molecule has 0 radical (unpaired) electrons. The lowest BCUT2D eigenvalue weighted by molar-refractivity contribution is -0.122. The summed E-state index contributed by atoms with van der Waals surface area (Å²) in [6, 6.07) is 18.6. The zero-order valence-electron chi connectivity index (χ0n) is 23.7. The molecule has 2 aliphatic heterocycles. The molecule has 4 aromatic rings. The molecule has 3 atom stereocenters. The van der Waals surface area contributed by atoms with E-state index in [1.54, 1.807) is 73.8 Å². The molecule has 6 rings (SSSR count). The van der Waals surface area contributed by atoms with Crippen molar-refractivity contribution in [2.45, 2.75) is 22.7 Å². The van der Waals surface area contributed by atoms with Crippen LogP contribution in [-0.2, 0) is 20.9 Å². The lowest BCUT2D eigenvalue weighted by Crippen LogP contribution is -2.33. The van der Waals surface area contributed by atoms with Crippen molar-refractivity contribution in [2.24, 2.45) is 5.92 Å². The maximum Gasteiger partial charge on any atom is 0.308 e. The third kappa shape index (κ3) is 5.23. The molecule has 3 heterocycles. The van der Waals surface area contributed by atoms with Gasteiger partial charge < -0.3 is 19.5 Å². The van der Waals surface area contributed by atoms with Crippen molar-refractivity contribution in [2.75, 3.05) is 31.5 Å². The molecule has 44 heavy (non-hydrogen) atoms. The Kier molecular flexibility index (Phi) is 8.14. The van der Waals surface area contributed by atoms with E-state index in [1.807, 2.05) is 0 Å². The average Bonchev–Trinajstić information content (AvgIpc) is 3.47. The van der Waals surface area contributed by atoms with Crippen LogP contribution in [-0.4, -0.2) is 48.9 Å². The number of thioether (sulfide) groups is 1. The number of carbonyl (C=O) groups is 3. The summed E-state index contributed by atoms with van der Waals surface area (Å²) in [5.41, 5.74) is 1.62. The van der Waals surface area contributed by atoms with Gasteiger partial charge in [-0.3, -0.25) is 23.7 Å². The monoisotopic (exact) mass is 651 g/mol. The fourth-order valence-electron chi connectivity index (χ4n) is 5.52. The van der Waals surface area contributed by atoms with Gasteiger partial charge in [0.15, 0.2) is 11.5 Å². The normalized spacial score (nSPS) is 18.9. The Labute approximate surface area is 265 Å². The van der Waals surface area contributed by atoms with E-state index in [0.717, 1.165) is 23.1 Å². The van der Waals surface area contributed by atoms with Gasteiger partial charge in [0.1, 0.15) is 17.5 Å². The average molecular weight is 652 g/mol. The summed E-state index contributed by atoms with van der Waals surface area (Å²) in [7, 11) is 4.58. The zero-order chi connectivity index (χ0) is 31.1. The number of rotatable bonds is 8. The van der Waals surface area contributed by atoms with E-state index in [4.69, 9.17) is 25.8 Å². The number of ether oxygens (including phenoxy) is 3. The van der Waals surface area contributed by atoms with Gasteiger partial charge in [-0.05, 0) is 66.2 Å². The number of carbonyl (C=O) groups excluding carboxylic acids is 3. The van der Waals surface area contributed by atoms with Crippen LogP contribution >= 0.6 is 34.7 Å². The number of methoxy groups -OCH3 is 3. The number of hydrogen-bond donors (Lipinski definition) is 1. The van der Waals surface area contributed by atoms with E-state index < -0.39 is 28.9 Å². The maximum absolute atomic E-state index is 14.1. The van der Waals surface area contributed by atoms with E-state index in [1.165, 1.54) is 23.7 Å². The summed E-state index contributed by atoms with van der Waals surface area (Å²) >= 11 is 8.18. The topological polar surface area (TPSA) is 116 Å². The van der Waals surface area contributed by atoms with Crippen molar-refractivity contribution in [3.05, 3.63) is 91.9 Å². The summed E-state index contributed by atoms with van der Waals surface area (Å²) < 4.78 is 17.5. The molecule has 0 bridgehead atoms. The summed E-state index contributed by atoms with van der Waals surface area (Å²) in [5.74, 6) is -1.10. The Balaban J connectivity index is 1.41. The Hall–Kier alpha value is -4.26. The number of aromatic nitrogens is 1. The second-order valence-electron chi connectivity index (χ2n) is 10.0. The molecule has 1 fully saturated rings. The SMILES string of the molecule is COc1ccc(NC(=O)Cn2c3c(sc2=O)[C@@H](c2ccc(OC)c(OC)c2)[C@H]2C(=O)N(c4ccc(Cl)cc4)C(=O)[C@H]2S3)cc1. The largest absolute Gasteiger partial charge is 0.497 e. The molecular formula is C31H26ClN3O7S2. The third-order valence-electron chi connectivity index (χ3n) is 7.58. The van der Waals surface area contributed by atoms with Crippen molar-refractivity contribution in [1.29, 1.82) is 0 Å². The van der Waals surface area contributed by atoms with Crippen LogP contribution in [0.4, 0.5) is 11.4 Å². The minimum Gasteiger partial charge on any atom is -0.497 e. The number of halogens is 1. The Morgan fingerprint density at radius 2 is 1.59 bits per heavy atom. The third-order valence-corrected chi connectivity index (χ3v) is 10.4. The van der Waals surface area contributed by atoms with Crippen molar-refractivity contribution < 1.29 is 28.6 Å². The molecule has 2 aliphatic rings. The van der Waals surface area contributed by atoms with Crippen LogP contribution in [0.5, 0.6) is 17.2 Å². The predicted octanol–water partition coefficient (Wildman–Crippen LogP) is 5.02. The zero-order valence-corrected chi connectivity index (χ0v) is 26.1. The number of fused-ring (bicyclic) bond motifs is 2. The van der Waals surface area contributed by atoms with Gasteiger partial charge in [-0.25, -0.2) is 4.90 Å². The molecule has 3 amide bonds. The molecular weight excluding hydrogens is 626 g/mol. The van der Waals surface area contributed by atoms with Crippen LogP contribution in [0.3, 0.4) is 0 Å². The van der Waals surface area contributed by atoms with Crippen LogP contribution in [0.1, 0.15) is 16.4 Å². The molecule has 0 spiro atoms. The van der Waals surface area contributed by atoms with Gasteiger partial charge in [0, 0.05) is 21.5 Å². The molecule has 1 aromatic heterocycles. The number of nitrogens with zero attached hydrogens (tertiary/aromatic N) is 2.